The van der Waals surface area contributed by atoms with E-state index in [0.29, 0.717) is 0 Å². The van der Waals surface area contributed by atoms with Crippen molar-refractivity contribution in [3.8, 4) is 0 Å². The Kier molecular flexibility index (Phi) is 9.65. The fraction of sp³-hybridized carbons (Fsp3) is 1.00. The molecule has 0 aliphatic heterocycles. The highest BCUT2D eigenvalue weighted by Crippen LogP contribution is 2.28. The number of hydrogen-bond donors (Lipinski definition) is 1. The first kappa shape index (κ1) is 16.0. The van der Waals surface area contributed by atoms with Crippen molar-refractivity contribution in [2.45, 2.75) is 96.4 Å². The molecule has 1 N–H and O–H groups in total. The summed E-state index contributed by atoms with van der Waals surface area (Å²) in [6, 6.07) is 0.791. The van der Waals surface area contributed by atoms with Crippen molar-refractivity contribution >= 4 is 0 Å². The van der Waals surface area contributed by atoms with Gasteiger partial charge in [0.2, 0.25) is 0 Å². The minimum Gasteiger partial charge on any atom is -0.317 e. The van der Waals surface area contributed by atoms with E-state index < -0.39 is 0 Å². The third kappa shape index (κ3) is 7.41. The number of unbranched alkanes of at least 4 members (excludes halogenated alkanes) is 5. The van der Waals surface area contributed by atoms with Gasteiger partial charge < -0.3 is 5.32 Å². The Hall–Kier alpha value is -0.0400. The predicted molar refractivity (Wildman–Crippen MR) is 82.0 cm³/mol. The number of hydrogen-bond acceptors (Lipinski definition) is 1. The Morgan fingerprint density at radius 3 is 2.28 bits per heavy atom. The zero-order valence-corrected chi connectivity index (χ0v) is 12.8. The van der Waals surface area contributed by atoms with Crippen LogP contribution < -0.4 is 5.32 Å². The van der Waals surface area contributed by atoms with E-state index in [9.17, 15) is 0 Å². The standard InChI is InChI=1S/C17H35N/c1-3-4-5-6-7-11-14-17(18-2)15-16-12-9-8-10-13-16/h16-18H,3-15H2,1-2H3. The third-order valence-corrected chi connectivity index (χ3v) is 4.66. The molecule has 0 radical (unpaired) electrons. The second-order valence-corrected chi connectivity index (χ2v) is 6.28. The largest absolute Gasteiger partial charge is 0.317 e. The zero-order valence-electron chi connectivity index (χ0n) is 12.8. The predicted octanol–water partition coefficient (Wildman–Crippen LogP) is 5.30. The first-order chi connectivity index (χ1) is 8.86. The maximum absolute atomic E-state index is 3.55. The van der Waals surface area contributed by atoms with E-state index >= 15 is 0 Å². The second kappa shape index (κ2) is 10.8. The van der Waals surface area contributed by atoms with Gasteiger partial charge in [-0.3, -0.25) is 0 Å². The molecular formula is C17H35N. The molecule has 1 heteroatoms. The quantitative estimate of drug-likeness (QED) is 0.521. The van der Waals surface area contributed by atoms with Crippen LogP contribution >= 0.6 is 0 Å². The molecule has 1 fully saturated rings. The summed E-state index contributed by atoms with van der Waals surface area (Å²) in [5.74, 6) is 1.02. The lowest BCUT2D eigenvalue weighted by molar-refractivity contribution is 0.294. The summed E-state index contributed by atoms with van der Waals surface area (Å²) >= 11 is 0. The third-order valence-electron chi connectivity index (χ3n) is 4.66. The minimum absolute atomic E-state index is 0.791. The van der Waals surface area contributed by atoms with Crippen LogP contribution in [-0.4, -0.2) is 13.1 Å². The Labute approximate surface area is 115 Å². The Balaban J connectivity index is 2.01. The van der Waals surface area contributed by atoms with Crippen molar-refractivity contribution in [1.29, 1.82) is 0 Å². The van der Waals surface area contributed by atoms with Gasteiger partial charge in [-0.1, -0.05) is 77.6 Å². The molecule has 0 amide bonds. The van der Waals surface area contributed by atoms with E-state index in [2.05, 4.69) is 19.3 Å². The van der Waals surface area contributed by atoms with Gasteiger partial charge in [-0.2, -0.15) is 0 Å². The van der Waals surface area contributed by atoms with Crippen molar-refractivity contribution in [1.82, 2.24) is 5.32 Å². The molecule has 0 saturated heterocycles. The molecule has 0 spiro atoms. The molecule has 0 aromatic rings. The van der Waals surface area contributed by atoms with Crippen molar-refractivity contribution in [3.63, 3.8) is 0 Å². The van der Waals surface area contributed by atoms with Crippen LogP contribution in [0, 0.1) is 5.92 Å². The van der Waals surface area contributed by atoms with Gasteiger partial charge in [0.25, 0.3) is 0 Å². The lowest BCUT2D eigenvalue weighted by atomic mass is 9.84. The van der Waals surface area contributed by atoms with Crippen LogP contribution in [0.2, 0.25) is 0 Å². The molecule has 0 aromatic heterocycles. The average molecular weight is 253 g/mol. The van der Waals surface area contributed by atoms with Crippen molar-refractivity contribution in [2.75, 3.05) is 7.05 Å². The second-order valence-electron chi connectivity index (χ2n) is 6.28. The van der Waals surface area contributed by atoms with Gasteiger partial charge in [0.05, 0.1) is 0 Å². The van der Waals surface area contributed by atoms with Gasteiger partial charge in [-0.15, -0.1) is 0 Å². The van der Waals surface area contributed by atoms with Crippen LogP contribution in [0.25, 0.3) is 0 Å². The Morgan fingerprint density at radius 1 is 0.944 bits per heavy atom. The fourth-order valence-electron chi connectivity index (χ4n) is 3.38. The normalized spacial score (nSPS) is 19.0. The molecule has 0 bridgehead atoms. The molecule has 1 nitrogen and oxygen atoms in total. The van der Waals surface area contributed by atoms with Crippen molar-refractivity contribution in [3.05, 3.63) is 0 Å². The van der Waals surface area contributed by atoms with E-state index in [1.54, 1.807) is 0 Å². The Morgan fingerprint density at radius 2 is 1.61 bits per heavy atom. The van der Waals surface area contributed by atoms with Crippen LogP contribution in [0.4, 0.5) is 0 Å². The van der Waals surface area contributed by atoms with Crippen LogP contribution in [0.1, 0.15) is 90.4 Å². The molecule has 18 heavy (non-hydrogen) atoms. The van der Waals surface area contributed by atoms with Crippen molar-refractivity contribution in [2.24, 2.45) is 5.92 Å². The molecule has 0 heterocycles. The molecule has 1 aliphatic rings. The lowest BCUT2D eigenvalue weighted by Gasteiger charge is -2.26. The van der Waals surface area contributed by atoms with Crippen LogP contribution in [0.15, 0.2) is 0 Å². The zero-order chi connectivity index (χ0) is 13.1. The van der Waals surface area contributed by atoms with Crippen LogP contribution in [0.5, 0.6) is 0 Å². The highest BCUT2D eigenvalue weighted by Gasteiger charge is 2.17. The summed E-state index contributed by atoms with van der Waals surface area (Å²) < 4.78 is 0. The highest BCUT2D eigenvalue weighted by atomic mass is 14.9. The SMILES string of the molecule is CCCCCCCCC(CC1CCCCC1)NC. The monoisotopic (exact) mass is 253 g/mol. The average Bonchev–Trinajstić information content (AvgIpc) is 2.42. The number of nitrogens with one attached hydrogen (secondary N) is 1. The van der Waals surface area contributed by atoms with E-state index in [4.69, 9.17) is 0 Å². The number of rotatable bonds is 10. The van der Waals surface area contributed by atoms with E-state index in [1.165, 1.54) is 83.5 Å². The summed E-state index contributed by atoms with van der Waals surface area (Å²) in [5, 5.41) is 3.55. The van der Waals surface area contributed by atoms with Crippen molar-refractivity contribution < 1.29 is 0 Å². The van der Waals surface area contributed by atoms with Gasteiger partial charge in [-0.25, -0.2) is 0 Å². The summed E-state index contributed by atoms with van der Waals surface area (Å²) in [6.45, 7) is 2.29. The van der Waals surface area contributed by atoms with Gasteiger partial charge >= 0.3 is 0 Å². The maximum atomic E-state index is 3.55. The Bertz CT molecular complexity index is 172. The maximum Gasteiger partial charge on any atom is 0.00667 e. The molecule has 1 saturated carbocycles. The van der Waals surface area contributed by atoms with Gasteiger partial charge in [0, 0.05) is 6.04 Å². The van der Waals surface area contributed by atoms with Crippen LogP contribution in [-0.2, 0) is 0 Å². The van der Waals surface area contributed by atoms with Crippen LogP contribution in [0.3, 0.4) is 0 Å². The smallest absolute Gasteiger partial charge is 0.00667 e. The molecule has 108 valence electrons. The first-order valence-electron chi connectivity index (χ1n) is 8.54. The molecule has 0 aromatic carbocycles. The highest BCUT2D eigenvalue weighted by molar-refractivity contribution is 4.73. The summed E-state index contributed by atoms with van der Waals surface area (Å²) in [5.41, 5.74) is 0. The van der Waals surface area contributed by atoms with E-state index in [1.807, 2.05) is 0 Å². The molecule has 1 unspecified atom stereocenters. The molecule has 1 atom stereocenters. The van der Waals surface area contributed by atoms with E-state index in [-0.39, 0.29) is 0 Å². The fourth-order valence-corrected chi connectivity index (χ4v) is 3.38. The molecular weight excluding hydrogens is 218 g/mol. The van der Waals surface area contributed by atoms with E-state index in [0.717, 1.165) is 12.0 Å². The van der Waals surface area contributed by atoms with Gasteiger partial charge in [0.15, 0.2) is 0 Å². The molecule has 1 rings (SSSR count). The first-order valence-corrected chi connectivity index (χ1v) is 8.54. The summed E-state index contributed by atoms with van der Waals surface area (Å²) in [6.07, 6.45) is 18.8. The lowest BCUT2D eigenvalue weighted by Crippen LogP contribution is -2.28. The minimum atomic E-state index is 0.791. The van der Waals surface area contributed by atoms with Gasteiger partial charge in [0.1, 0.15) is 0 Å². The molecule has 1 aliphatic carbocycles. The summed E-state index contributed by atoms with van der Waals surface area (Å²) in [4.78, 5) is 0. The topological polar surface area (TPSA) is 12.0 Å². The summed E-state index contributed by atoms with van der Waals surface area (Å²) in [7, 11) is 2.16. The van der Waals surface area contributed by atoms with Gasteiger partial charge in [-0.05, 0) is 25.8 Å².